The lowest BCUT2D eigenvalue weighted by molar-refractivity contribution is -0.196. The first-order chi connectivity index (χ1) is 26.6. The maximum absolute atomic E-state index is 13.5. The van der Waals surface area contributed by atoms with Crippen molar-refractivity contribution in [3.8, 4) is 5.75 Å². The molecule has 5 amide bonds. The normalized spacial score (nSPS) is 22.6. The van der Waals surface area contributed by atoms with Gasteiger partial charge in [-0.15, -0.1) is 0 Å². The number of anilines is 1. The van der Waals surface area contributed by atoms with Crippen molar-refractivity contribution in [1.82, 2.24) is 15.1 Å². The summed E-state index contributed by atoms with van der Waals surface area (Å²) < 4.78 is 6.38. The van der Waals surface area contributed by atoms with E-state index >= 15 is 0 Å². The maximum atomic E-state index is 13.5. The number of nitrogens with one attached hydrogen (secondary N) is 1. The Labute approximate surface area is 330 Å². The van der Waals surface area contributed by atoms with E-state index in [1.54, 1.807) is 36.4 Å². The Morgan fingerprint density at radius 2 is 1.57 bits per heavy atom. The Morgan fingerprint density at radius 1 is 0.893 bits per heavy atom. The average Bonchev–Trinajstić information content (AvgIpc) is 3.42. The zero-order valence-electron chi connectivity index (χ0n) is 31.9. The summed E-state index contributed by atoms with van der Waals surface area (Å²) in [5, 5.41) is 2.56. The number of nitrogens with zero attached hydrogens (tertiary/aromatic N) is 4. The molecule has 1 unspecified atom stereocenters. The fraction of sp³-hybridized carbons (Fsp3) is 0.419. The lowest BCUT2D eigenvalue weighted by Crippen LogP contribution is -2.66. The van der Waals surface area contributed by atoms with Gasteiger partial charge in [-0.25, -0.2) is 4.85 Å². The Hall–Kier alpha value is -5.54. The molecule has 1 N–H and O–H groups in total. The van der Waals surface area contributed by atoms with Gasteiger partial charge in [0.2, 0.25) is 23.4 Å². The number of halogens is 1. The summed E-state index contributed by atoms with van der Waals surface area (Å²) in [5.41, 5.74) is 2.63. The molecule has 0 radical (unpaired) electrons. The number of rotatable bonds is 10. The third kappa shape index (κ3) is 7.05. The van der Waals surface area contributed by atoms with Crippen molar-refractivity contribution in [3.05, 3.63) is 99.4 Å². The minimum Gasteiger partial charge on any atom is -0.489 e. The third-order valence-corrected chi connectivity index (χ3v) is 12.5. The van der Waals surface area contributed by atoms with E-state index < -0.39 is 29.7 Å². The van der Waals surface area contributed by atoms with Crippen molar-refractivity contribution in [1.29, 1.82) is 0 Å². The molecule has 290 valence electrons. The van der Waals surface area contributed by atoms with Gasteiger partial charge in [0, 0.05) is 67.5 Å². The van der Waals surface area contributed by atoms with E-state index in [1.165, 1.54) is 0 Å². The average molecular weight is 778 g/mol. The standard InChI is InChI=1S/C43H44ClN5O7/c1-42(2)35(43(3,4)41(42)56-28-12-14-32(45-5)31(44)23-28)24-34(50)26-9-6-25(7-10-26)8-17-37(52)48-20-18-47(19-21-48)27-11-13-29-30(22-27)40(55)49(39(29)54)33-15-16-36(51)46-38(33)53/h6-7,9-14,22-23,33,35,41H,8,15-21,24H2,1-4H3,(H,46,51,53). The zero-order chi connectivity index (χ0) is 40.1. The number of ether oxygens (including phenoxy) is 1. The highest BCUT2D eigenvalue weighted by Crippen LogP contribution is 2.62. The summed E-state index contributed by atoms with van der Waals surface area (Å²) in [6.45, 7) is 17.8. The van der Waals surface area contributed by atoms with Gasteiger partial charge in [-0.2, -0.15) is 0 Å². The highest BCUT2D eigenvalue weighted by atomic mass is 35.5. The first-order valence-corrected chi connectivity index (χ1v) is 19.3. The quantitative estimate of drug-likeness (QED) is 0.144. The highest BCUT2D eigenvalue weighted by Gasteiger charge is 2.63. The van der Waals surface area contributed by atoms with Crippen LogP contribution in [0, 0.1) is 23.3 Å². The van der Waals surface area contributed by atoms with Crippen LogP contribution in [0.25, 0.3) is 4.85 Å². The van der Waals surface area contributed by atoms with Gasteiger partial charge in [0.1, 0.15) is 17.9 Å². The minimum atomic E-state index is -1.02. The van der Waals surface area contributed by atoms with E-state index in [-0.39, 0.29) is 58.5 Å². The van der Waals surface area contributed by atoms with Crippen LogP contribution < -0.4 is 15.0 Å². The first kappa shape index (κ1) is 38.7. The number of amides is 5. The Morgan fingerprint density at radius 3 is 2.21 bits per heavy atom. The molecule has 1 atom stereocenters. The topological polar surface area (TPSA) is 138 Å². The second-order valence-electron chi connectivity index (χ2n) is 16.3. The summed E-state index contributed by atoms with van der Waals surface area (Å²) in [4.78, 5) is 85.3. The molecule has 1 aliphatic carbocycles. The molecule has 3 fully saturated rings. The van der Waals surface area contributed by atoms with Crippen LogP contribution in [0.5, 0.6) is 5.75 Å². The van der Waals surface area contributed by atoms with Crippen molar-refractivity contribution in [3.63, 3.8) is 0 Å². The molecule has 0 aromatic heterocycles. The van der Waals surface area contributed by atoms with Crippen LogP contribution >= 0.6 is 11.6 Å². The zero-order valence-corrected chi connectivity index (χ0v) is 32.7. The van der Waals surface area contributed by atoms with E-state index in [0.717, 1.165) is 16.2 Å². The minimum absolute atomic E-state index is 0.0373. The number of imide groups is 2. The van der Waals surface area contributed by atoms with Crippen molar-refractivity contribution in [2.24, 2.45) is 16.7 Å². The molecular formula is C43H44ClN5O7. The van der Waals surface area contributed by atoms with Crippen LogP contribution in [0.1, 0.15) is 90.0 Å². The molecule has 0 spiro atoms. The number of piperidine rings is 1. The number of carbonyl (C=O) groups excluding carboxylic acids is 6. The fourth-order valence-corrected chi connectivity index (χ4v) is 9.46. The number of carbonyl (C=O) groups is 6. The van der Waals surface area contributed by atoms with Crippen molar-refractivity contribution in [2.75, 3.05) is 31.1 Å². The fourth-order valence-electron chi connectivity index (χ4n) is 9.24. The number of piperazine rings is 1. The second kappa shape index (κ2) is 14.8. The van der Waals surface area contributed by atoms with Crippen LogP contribution in [0.15, 0.2) is 60.7 Å². The Bertz CT molecular complexity index is 2170. The van der Waals surface area contributed by atoms with Gasteiger partial charge in [-0.05, 0) is 54.7 Å². The smallest absolute Gasteiger partial charge is 0.262 e. The molecule has 4 aliphatic rings. The number of hydrogen-bond donors (Lipinski definition) is 1. The van der Waals surface area contributed by atoms with E-state index in [2.05, 4.69) is 42.8 Å². The third-order valence-electron chi connectivity index (χ3n) is 12.2. The predicted molar refractivity (Wildman–Crippen MR) is 209 cm³/mol. The summed E-state index contributed by atoms with van der Waals surface area (Å²) in [6, 6.07) is 16.6. The molecule has 12 nitrogen and oxygen atoms in total. The molecule has 13 heteroatoms. The molecule has 56 heavy (non-hydrogen) atoms. The van der Waals surface area contributed by atoms with Gasteiger partial charge in [-0.1, -0.05) is 69.6 Å². The van der Waals surface area contributed by atoms with Gasteiger partial charge < -0.3 is 14.5 Å². The van der Waals surface area contributed by atoms with Crippen LogP contribution in [0.2, 0.25) is 5.02 Å². The molecular weight excluding hydrogens is 734 g/mol. The first-order valence-electron chi connectivity index (χ1n) is 18.9. The number of ketones is 1. The van der Waals surface area contributed by atoms with Gasteiger partial charge in [0.25, 0.3) is 11.8 Å². The molecule has 2 saturated heterocycles. The van der Waals surface area contributed by atoms with Gasteiger partial charge in [-0.3, -0.25) is 39.0 Å². The number of hydrogen-bond acceptors (Lipinski definition) is 8. The number of aryl methyl sites for hydroxylation is 1. The van der Waals surface area contributed by atoms with E-state index in [0.29, 0.717) is 67.5 Å². The van der Waals surface area contributed by atoms with Gasteiger partial charge >= 0.3 is 0 Å². The Balaban J connectivity index is 0.884. The molecule has 7 rings (SSSR count). The predicted octanol–water partition coefficient (Wildman–Crippen LogP) is 6.28. The van der Waals surface area contributed by atoms with Gasteiger partial charge in [0.15, 0.2) is 5.78 Å². The van der Waals surface area contributed by atoms with Crippen LogP contribution in [-0.2, 0) is 20.8 Å². The lowest BCUT2D eigenvalue weighted by Gasteiger charge is -2.63. The molecule has 3 heterocycles. The van der Waals surface area contributed by atoms with E-state index in [9.17, 15) is 28.8 Å². The summed E-state index contributed by atoms with van der Waals surface area (Å²) >= 11 is 6.24. The number of fused-ring (bicyclic) bond motifs is 1. The molecule has 3 aromatic rings. The second-order valence-corrected chi connectivity index (χ2v) is 16.7. The largest absolute Gasteiger partial charge is 0.489 e. The lowest BCUT2D eigenvalue weighted by atomic mass is 9.44. The summed E-state index contributed by atoms with van der Waals surface area (Å²) in [7, 11) is 0. The van der Waals surface area contributed by atoms with Crippen LogP contribution in [0.3, 0.4) is 0 Å². The van der Waals surface area contributed by atoms with Crippen LogP contribution in [-0.4, -0.2) is 83.4 Å². The molecule has 3 aliphatic heterocycles. The number of Topliss-reactive ketones (excluding diaryl/α,β-unsaturated/α-hetero) is 1. The highest BCUT2D eigenvalue weighted by molar-refractivity contribution is 6.33. The van der Waals surface area contributed by atoms with E-state index in [1.807, 2.05) is 29.2 Å². The summed E-state index contributed by atoms with van der Waals surface area (Å²) in [6.07, 6.45) is 1.25. The number of benzene rings is 3. The van der Waals surface area contributed by atoms with Crippen molar-refractivity contribution >= 4 is 58.3 Å². The van der Waals surface area contributed by atoms with E-state index in [4.69, 9.17) is 22.9 Å². The van der Waals surface area contributed by atoms with Crippen LogP contribution in [0.4, 0.5) is 11.4 Å². The Kier molecular flexibility index (Phi) is 10.3. The SMILES string of the molecule is [C-]#[N+]c1ccc(OC2C(C)(C)C(CC(=O)c3ccc(CCC(=O)N4CCN(c5ccc6c(c5)C(=O)N(C5CCC(=O)NC5=O)C6=O)CC4)cc3)C2(C)C)cc1Cl. The van der Waals surface area contributed by atoms with Crippen molar-refractivity contribution in [2.45, 2.75) is 71.9 Å². The van der Waals surface area contributed by atoms with Crippen molar-refractivity contribution < 1.29 is 33.5 Å². The monoisotopic (exact) mass is 777 g/mol. The molecule has 0 bridgehead atoms. The maximum Gasteiger partial charge on any atom is 0.262 e. The summed E-state index contributed by atoms with van der Waals surface area (Å²) in [5.74, 6) is -1.38. The molecule has 1 saturated carbocycles. The molecule has 3 aromatic carbocycles. The van der Waals surface area contributed by atoms with Gasteiger partial charge in [0.05, 0.1) is 22.7 Å².